The molecule has 18 heavy (non-hydrogen) atoms. The van der Waals surface area contributed by atoms with Crippen LogP contribution in [-0.4, -0.2) is 5.91 Å². The summed E-state index contributed by atoms with van der Waals surface area (Å²) in [5, 5.41) is 4.49. The highest BCUT2D eigenvalue weighted by molar-refractivity contribution is 7.10. The van der Waals surface area contributed by atoms with Crippen molar-refractivity contribution in [3.63, 3.8) is 0 Å². The van der Waals surface area contributed by atoms with Gasteiger partial charge in [-0.05, 0) is 36.1 Å². The van der Waals surface area contributed by atoms with Gasteiger partial charge in [0.15, 0.2) is 11.6 Å². The molecule has 1 heterocycles. The van der Waals surface area contributed by atoms with Crippen LogP contribution >= 0.6 is 11.3 Å². The van der Waals surface area contributed by atoms with E-state index in [1.54, 1.807) is 0 Å². The molecule has 0 atom stereocenters. The molecule has 1 aromatic carbocycles. The van der Waals surface area contributed by atoms with Gasteiger partial charge in [-0.15, -0.1) is 11.3 Å². The van der Waals surface area contributed by atoms with Crippen molar-refractivity contribution >= 4 is 17.2 Å². The van der Waals surface area contributed by atoms with Crippen LogP contribution in [0.5, 0.6) is 0 Å². The Morgan fingerprint density at radius 3 is 2.78 bits per heavy atom. The molecule has 0 bridgehead atoms. The first-order valence-electron chi connectivity index (χ1n) is 5.35. The van der Waals surface area contributed by atoms with E-state index in [0.29, 0.717) is 6.54 Å². The van der Waals surface area contributed by atoms with Crippen LogP contribution < -0.4 is 5.32 Å². The molecule has 0 aliphatic carbocycles. The van der Waals surface area contributed by atoms with E-state index in [1.807, 2.05) is 18.4 Å². The maximum Gasteiger partial charge on any atom is 0.254 e. The van der Waals surface area contributed by atoms with E-state index < -0.39 is 17.5 Å². The highest BCUT2D eigenvalue weighted by Gasteiger charge is 2.14. The third-order valence-electron chi connectivity index (χ3n) is 2.57. The van der Waals surface area contributed by atoms with Gasteiger partial charge >= 0.3 is 0 Å². The number of carbonyl (C=O) groups excluding carboxylic acids is 1. The summed E-state index contributed by atoms with van der Waals surface area (Å²) in [6.45, 7) is 2.25. The van der Waals surface area contributed by atoms with Gasteiger partial charge in [0.1, 0.15) is 0 Å². The summed E-state index contributed by atoms with van der Waals surface area (Å²) in [4.78, 5) is 12.7. The van der Waals surface area contributed by atoms with E-state index >= 15 is 0 Å². The Bertz CT molecular complexity index is 580. The average molecular weight is 267 g/mol. The number of benzene rings is 1. The number of carbonyl (C=O) groups is 1. The highest BCUT2D eigenvalue weighted by Crippen LogP contribution is 2.16. The fourth-order valence-electron chi connectivity index (χ4n) is 1.52. The minimum absolute atomic E-state index is 0.274. The molecular formula is C13H11F2NOS. The standard InChI is InChI=1S/C13H11F2NOS/c1-8-5-6-18-11(8)7-16-13(17)9-3-2-4-10(14)12(9)15/h2-6H,7H2,1H3,(H,16,17). The highest BCUT2D eigenvalue weighted by atomic mass is 32.1. The molecule has 2 rings (SSSR count). The van der Waals surface area contributed by atoms with Crippen LogP contribution in [0.25, 0.3) is 0 Å². The van der Waals surface area contributed by atoms with E-state index in [0.717, 1.165) is 16.5 Å². The van der Waals surface area contributed by atoms with Crippen LogP contribution in [0.4, 0.5) is 8.78 Å². The van der Waals surface area contributed by atoms with Gasteiger partial charge in [-0.2, -0.15) is 0 Å². The summed E-state index contributed by atoms with van der Waals surface area (Å²) in [5.74, 6) is -2.74. The second kappa shape index (κ2) is 5.27. The van der Waals surface area contributed by atoms with E-state index in [9.17, 15) is 13.6 Å². The topological polar surface area (TPSA) is 29.1 Å². The molecule has 94 valence electrons. The first-order valence-corrected chi connectivity index (χ1v) is 6.22. The first-order chi connectivity index (χ1) is 8.59. The van der Waals surface area contributed by atoms with Gasteiger partial charge in [-0.25, -0.2) is 8.78 Å². The Hall–Kier alpha value is -1.75. The number of aryl methyl sites for hydroxylation is 1. The Morgan fingerprint density at radius 1 is 1.33 bits per heavy atom. The lowest BCUT2D eigenvalue weighted by Gasteiger charge is -2.06. The normalized spacial score (nSPS) is 10.4. The van der Waals surface area contributed by atoms with Crippen molar-refractivity contribution in [3.05, 3.63) is 57.3 Å². The van der Waals surface area contributed by atoms with E-state index in [1.165, 1.54) is 23.5 Å². The summed E-state index contributed by atoms with van der Waals surface area (Å²) < 4.78 is 26.3. The fraction of sp³-hybridized carbons (Fsp3) is 0.154. The molecule has 0 spiro atoms. The van der Waals surface area contributed by atoms with Crippen LogP contribution in [0, 0.1) is 18.6 Å². The maximum absolute atomic E-state index is 13.4. The Balaban J connectivity index is 2.09. The molecule has 0 saturated carbocycles. The van der Waals surface area contributed by atoms with Crippen molar-refractivity contribution in [2.24, 2.45) is 0 Å². The Labute approximate surface area is 107 Å². The van der Waals surface area contributed by atoms with Crippen molar-refractivity contribution < 1.29 is 13.6 Å². The zero-order valence-electron chi connectivity index (χ0n) is 9.67. The summed E-state index contributed by atoms with van der Waals surface area (Å²) >= 11 is 1.51. The van der Waals surface area contributed by atoms with Crippen molar-refractivity contribution in [3.8, 4) is 0 Å². The summed E-state index contributed by atoms with van der Waals surface area (Å²) in [7, 11) is 0. The number of amides is 1. The minimum Gasteiger partial charge on any atom is -0.347 e. The van der Waals surface area contributed by atoms with Crippen LogP contribution in [0.1, 0.15) is 20.8 Å². The lowest BCUT2D eigenvalue weighted by molar-refractivity contribution is 0.0946. The molecule has 0 aliphatic rings. The molecule has 0 saturated heterocycles. The smallest absolute Gasteiger partial charge is 0.254 e. The largest absolute Gasteiger partial charge is 0.347 e. The van der Waals surface area contributed by atoms with E-state index in [2.05, 4.69) is 5.32 Å². The molecular weight excluding hydrogens is 256 g/mol. The summed E-state index contributed by atoms with van der Waals surface area (Å²) in [6, 6.07) is 5.49. The Morgan fingerprint density at radius 2 is 2.11 bits per heavy atom. The van der Waals surface area contributed by atoms with Gasteiger partial charge in [0.2, 0.25) is 0 Å². The molecule has 5 heteroatoms. The molecule has 1 amide bonds. The van der Waals surface area contributed by atoms with Gasteiger partial charge in [0, 0.05) is 4.88 Å². The number of halogens is 2. The van der Waals surface area contributed by atoms with Crippen molar-refractivity contribution in [2.75, 3.05) is 0 Å². The van der Waals surface area contributed by atoms with Gasteiger partial charge in [-0.1, -0.05) is 6.07 Å². The third-order valence-corrected chi connectivity index (χ3v) is 3.60. The average Bonchev–Trinajstić information content (AvgIpc) is 2.75. The zero-order valence-corrected chi connectivity index (χ0v) is 10.5. The minimum atomic E-state index is -1.11. The second-order valence-corrected chi connectivity index (χ2v) is 4.81. The lowest BCUT2D eigenvalue weighted by Crippen LogP contribution is -2.24. The summed E-state index contributed by atoms with van der Waals surface area (Å²) in [5.41, 5.74) is 0.796. The molecule has 0 aliphatic heterocycles. The molecule has 1 N–H and O–H groups in total. The molecule has 2 aromatic rings. The van der Waals surface area contributed by atoms with Crippen LogP contribution in [0.3, 0.4) is 0 Å². The molecule has 0 radical (unpaired) electrons. The SMILES string of the molecule is Cc1ccsc1CNC(=O)c1cccc(F)c1F. The molecule has 0 unspecified atom stereocenters. The van der Waals surface area contributed by atoms with E-state index in [4.69, 9.17) is 0 Å². The number of thiophene rings is 1. The number of nitrogens with one attached hydrogen (secondary N) is 1. The first kappa shape index (κ1) is 12.7. The molecule has 2 nitrogen and oxygen atoms in total. The Kier molecular flexibility index (Phi) is 3.72. The van der Waals surface area contributed by atoms with Gasteiger partial charge in [-0.3, -0.25) is 4.79 Å². The maximum atomic E-state index is 13.4. The predicted molar refractivity (Wildman–Crippen MR) is 66.6 cm³/mol. The van der Waals surface area contributed by atoms with Crippen molar-refractivity contribution in [1.29, 1.82) is 0 Å². The second-order valence-electron chi connectivity index (χ2n) is 3.81. The number of hydrogen-bond acceptors (Lipinski definition) is 2. The van der Waals surface area contributed by atoms with Crippen molar-refractivity contribution in [2.45, 2.75) is 13.5 Å². The molecule has 1 aromatic heterocycles. The van der Waals surface area contributed by atoms with Crippen molar-refractivity contribution in [1.82, 2.24) is 5.32 Å². The lowest BCUT2D eigenvalue weighted by atomic mass is 10.2. The van der Waals surface area contributed by atoms with Gasteiger partial charge < -0.3 is 5.32 Å². The van der Waals surface area contributed by atoms with Gasteiger partial charge in [0.05, 0.1) is 12.1 Å². The number of rotatable bonds is 3. The zero-order chi connectivity index (χ0) is 13.1. The summed E-state index contributed by atoms with van der Waals surface area (Å²) in [6.07, 6.45) is 0. The predicted octanol–water partition coefficient (Wildman–Crippen LogP) is 3.26. The van der Waals surface area contributed by atoms with Crippen LogP contribution in [-0.2, 0) is 6.54 Å². The fourth-order valence-corrected chi connectivity index (χ4v) is 2.37. The number of hydrogen-bond donors (Lipinski definition) is 1. The van der Waals surface area contributed by atoms with Gasteiger partial charge in [0.25, 0.3) is 5.91 Å². The van der Waals surface area contributed by atoms with Crippen LogP contribution in [0.2, 0.25) is 0 Å². The van der Waals surface area contributed by atoms with E-state index in [-0.39, 0.29) is 5.56 Å². The quantitative estimate of drug-likeness (QED) is 0.908. The molecule has 0 fully saturated rings. The van der Waals surface area contributed by atoms with Crippen LogP contribution in [0.15, 0.2) is 29.6 Å². The third kappa shape index (κ3) is 2.56. The monoisotopic (exact) mass is 267 g/mol.